The lowest BCUT2D eigenvalue weighted by atomic mass is 9.88. The molecule has 6 heteroatoms. The van der Waals surface area contributed by atoms with Crippen molar-refractivity contribution in [1.29, 1.82) is 0 Å². The van der Waals surface area contributed by atoms with E-state index in [0.29, 0.717) is 5.82 Å². The van der Waals surface area contributed by atoms with Crippen LogP contribution in [0.5, 0.6) is 0 Å². The molecule has 3 N–H and O–H groups in total. The Morgan fingerprint density at radius 1 is 1.39 bits per heavy atom. The maximum Gasteiger partial charge on any atom is 0.220 e. The quantitative estimate of drug-likeness (QED) is 0.842. The number of aromatic nitrogens is 4. The largest absolute Gasteiger partial charge is 0.369 e. The van der Waals surface area contributed by atoms with E-state index >= 15 is 0 Å². The van der Waals surface area contributed by atoms with Crippen molar-refractivity contribution in [2.24, 2.45) is 11.7 Å². The van der Waals surface area contributed by atoms with E-state index in [4.69, 9.17) is 5.73 Å². The second kappa shape index (κ2) is 4.95. The van der Waals surface area contributed by atoms with Gasteiger partial charge < -0.3 is 5.73 Å². The molecule has 0 aliphatic carbocycles. The summed E-state index contributed by atoms with van der Waals surface area (Å²) < 4.78 is 0. The molecule has 1 unspecified atom stereocenters. The molecule has 0 spiro atoms. The van der Waals surface area contributed by atoms with Crippen LogP contribution in [0, 0.1) is 5.92 Å². The second-order valence-electron chi connectivity index (χ2n) is 4.34. The molecule has 1 aromatic carbocycles. The predicted octanol–water partition coefficient (Wildman–Crippen LogP) is 1.09. The minimum Gasteiger partial charge on any atom is -0.369 e. The van der Waals surface area contributed by atoms with E-state index in [2.05, 4.69) is 20.6 Å². The number of hydrogen-bond acceptors (Lipinski definition) is 4. The summed E-state index contributed by atoms with van der Waals surface area (Å²) in [5.74, 6) is 0.0723. The van der Waals surface area contributed by atoms with Crippen LogP contribution in [0.2, 0.25) is 0 Å². The summed E-state index contributed by atoms with van der Waals surface area (Å²) in [5, 5.41) is 13.8. The first kappa shape index (κ1) is 12.2. The highest BCUT2D eigenvalue weighted by molar-refractivity contribution is 5.77. The fraction of sp³-hybridized carbons (Fsp3) is 0.333. The standard InChI is InChI=1S/C12H15N5O/c1-7(8(2)11(13)18)9-4-3-5-10(6-9)12-14-16-17-15-12/h3-8H,1-2H3,(H2,13,18)(H,14,15,16,17)/t7-,8?/m0/s1. The number of H-pyrrole nitrogens is 1. The maximum atomic E-state index is 11.2. The van der Waals surface area contributed by atoms with Crippen LogP contribution in [0.1, 0.15) is 25.3 Å². The van der Waals surface area contributed by atoms with Crippen LogP contribution >= 0.6 is 0 Å². The minimum atomic E-state index is -0.299. The number of nitrogens with zero attached hydrogens (tertiary/aromatic N) is 3. The topological polar surface area (TPSA) is 97.5 Å². The minimum absolute atomic E-state index is 0.0503. The molecule has 1 amide bonds. The first-order valence-corrected chi connectivity index (χ1v) is 5.72. The third kappa shape index (κ3) is 2.37. The van der Waals surface area contributed by atoms with Gasteiger partial charge in [-0.05, 0) is 22.8 Å². The Morgan fingerprint density at radius 3 is 2.78 bits per heavy atom. The zero-order valence-corrected chi connectivity index (χ0v) is 10.3. The van der Waals surface area contributed by atoms with Gasteiger partial charge in [-0.25, -0.2) is 0 Å². The third-order valence-electron chi connectivity index (χ3n) is 3.21. The molecular formula is C12H15N5O. The van der Waals surface area contributed by atoms with E-state index < -0.39 is 0 Å². The summed E-state index contributed by atoms with van der Waals surface area (Å²) in [5.41, 5.74) is 7.22. The molecule has 0 saturated heterocycles. The van der Waals surface area contributed by atoms with Crippen molar-refractivity contribution in [3.8, 4) is 11.4 Å². The van der Waals surface area contributed by atoms with Gasteiger partial charge >= 0.3 is 0 Å². The average molecular weight is 245 g/mol. The van der Waals surface area contributed by atoms with Crippen LogP contribution in [0.3, 0.4) is 0 Å². The summed E-state index contributed by atoms with van der Waals surface area (Å²) >= 11 is 0. The highest BCUT2D eigenvalue weighted by atomic mass is 16.1. The predicted molar refractivity (Wildman–Crippen MR) is 66.4 cm³/mol. The van der Waals surface area contributed by atoms with Gasteiger partial charge in [0.1, 0.15) is 0 Å². The van der Waals surface area contributed by atoms with Crippen LogP contribution in [-0.4, -0.2) is 26.5 Å². The first-order chi connectivity index (χ1) is 8.59. The number of primary amides is 1. The van der Waals surface area contributed by atoms with Crippen molar-refractivity contribution in [2.45, 2.75) is 19.8 Å². The Kier molecular flexibility index (Phi) is 3.36. The van der Waals surface area contributed by atoms with Crippen molar-refractivity contribution in [1.82, 2.24) is 20.6 Å². The first-order valence-electron chi connectivity index (χ1n) is 5.72. The van der Waals surface area contributed by atoms with Gasteiger partial charge in [0.2, 0.25) is 11.7 Å². The number of nitrogens with two attached hydrogens (primary N) is 1. The van der Waals surface area contributed by atoms with E-state index in [1.54, 1.807) is 0 Å². The molecule has 6 nitrogen and oxygen atoms in total. The van der Waals surface area contributed by atoms with Gasteiger partial charge in [0, 0.05) is 11.5 Å². The van der Waals surface area contributed by atoms with Gasteiger partial charge in [0.05, 0.1) is 0 Å². The Morgan fingerprint density at radius 2 is 2.17 bits per heavy atom. The van der Waals surface area contributed by atoms with Gasteiger partial charge in [-0.3, -0.25) is 4.79 Å². The zero-order valence-electron chi connectivity index (χ0n) is 10.3. The third-order valence-corrected chi connectivity index (χ3v) is 3.21. The summed E-state index contributed by atoms with van der Waals surface area (Å²) in [4.78, 5) is 11.2. The van der Waals surface area contributed by atoms with E-state index in [0.717, 1.165) is 11.1 Å². The second-order valence-corrected chi connectivity index (χ2v) is 4.34. The number of amides is 1. The smallest absolute Gasteiger partial charge is 0.220 e. The zero-order chi connectivity index (χ0) is 13.1. The fourth-order valence-corrected chi connectivity index (χ4v) is 1.78. The molecule has 0 aliphatic heterocycles. The van der Waals surface area contributed by atoms with Gasteiger partial charge in [-0.2, -0.15) is 5.21 Å². The van der Waals surface area contributed by atoms with Crippen LogP contribution in [0.15, 0.2) is 24.3 Å². The number of hydrogen-bond donors (Lipinski definition) is 2. The number of tetrazole rings is 1. The van der Waals surface area contributed by atoms with Gasteiger partial charge in [0.25, 0.3) is 0 Å². The van der Waals surface area contributed by atoms with Gasteiger partial charge in [-0.15, -0.1) is 10.2 Å². The van der Waals surface area contributed by atoms with Crippen LogP contribution < -0.4 is 5.73 Å². The van der Waals surface area contributed by atoms with Crippen LogP contribution in [0.25, 0.3) is 11.4 Å². The number of aromatic amines is 1. The average Bonchev–Trinajstić information content (AvgIpc) is 2.91. The van der Waals surface area contributed by atoms with Gasteiger partial charge in [0.15, 0.2) is 0 Å². The van der Waals surface area contributed by atoms with E-state index in [1.807, 2.05) is 38.1 Å². The Bertz CT molecular complexity index is 537. The van der Waals surface area contributed by atoms with Crippen molar-refractivity contribution in [3.05, 3.63) is 29.8 Å². The lowest BCUT2D eigenvalue weighted by Crippen LogP contribution is -2.25. The van der Waals surface area contributed by atoms with Gasteiger partial charge in [-0.1, -0.05) is 32.0 Å². The number of carbonyl (C=O) groups is 1. The molecule has 0 bridgehead atoms. The SMILES string of the molecule is CC(C(N)=O)[C@H](C)c1cccc(-c2nn[nH]n2)c1. The van der Waals surface area contributed by atoms with Crippen molar-refractivity contribution >= 4 is 5.91 Å². The molecule has 0 fully saturated rings. The molecule has 0 radical (unpaired) electrons. The fourth-order valence-electron chi connectivity index (χ4n) is 1.78. The molecule has 2 atom stereocenters. The summed E-state index contributed by atoms with van der Waals surface area (Å²) in [6, 6.07) is 7.73. The number of benzene rings is 1. The number of rotatable bonds is 4. The Labute approximate surface area is 105 Å². The summed E-state index contributed by atoms with van der Waals surface area (Å²) in [6.45, 7) is 3.80. The Balaban J connectivity index is 2.30. The van der Waals surface area contributed by atoms with Crippen molar-refractivity contribution in [3.63, 3.8) is 0 Å². The molecular weight excluding hydrogens is 230 g/mol. The normalized spacial score (nSPS) is 14.1. The summed E-state index contributed by atoms with van der Waals surface area (Å²) in [6.07, 6.45) is 0. The summed E-state index contributed by atoms with van der Waals surface area (Å²) in [7, 11) is 0. The number of nitrogens with one attached hydrogen (secondary N) is 1. The van der Waals surface area contributed by atoms with E-state index in [1.165, 1.54) is 0 Å². The molecule has 2 aromatic rings. The monoisotopic (exact) mass is 245 g/mol. The molecule has 18 heavy (non-hydrogen) atoms. The van der Waals surface area contributed by atoms with Crippen molar-refractivity contribution in [2.75, 3.05) is 0 Å². The lowest BCUT2D eigenvalue weighted by molar-refractivity contribution is -0.121. The molecule has 0 aliphatic rings. The Hall–Kier alpha value is -2.24. The lowest BCUT2D eigenvalue weighted by Gasteiger charge is -2.17. The van der Waals surface area contributed by atoms with Crippen LogP contribution in [0.4, 0.5) is 0 Å². The molecule has 1 heterocycles. The molecule has 1 aromatic heterocycles. The van der Waals surface area contributed by atoms with E-state index in [9.17, 15) is 4.79 Å². The highest BCUT2D eigenvalue weighted by Crippen LogP contribution is 2.26. The molecule has 0 saturated carbocycles. The molecule has 94 valence electrons. The van der Waals surface area contributed by atoms with E-state index in [-0.39, 0.29) is 17.7 Å². The van der Waals surface area contributed by atoms with Crippen molar-refractivity contribution < 1.29 is 4.79 Å². The van der Waals surface area contributed by atoms with Crippen LogP contribution in [-0.2, 0) is 4.79 Å². The molecule has 2 rings (SSSR count). The maximum absolute atomic E-state index is 11.2. The highest BCUT2D eigenvalue weighted by Gasteiger charge is 2.19. The number of carbonyl (C=O) groups excluding carboxylic acids is 1.